The van der Waals surface area contributed by atoms with Crippen molar-refractivity contribution in [3.05, 3.63) is 24.3 Å². The maximum Gasteiger partial charge on any atom is 0.240 e. The first kappa shape index (κ1) is 17.9. The molecule has 0 fully saturated rings. The molecule has 0 radical (unpaired) electrons. The minimum absolute atomic E-state index is 0.0991. The van der Waals surface area contributed by atoms with Crippen LogP contribution in [0.4, 0.5) is 5.69 Å². The van der Waals surface area contributed by atoms with E-state index in [2.05, 4.69) is 0 Å². The lowest BCUT2D eigenvalue weighted by molar-refractivity contribution is 0.587. The highest BCUT2D eigenvalue weighted by atomic mass is 32.2. The Morgan fingerprint density at radius 1 is 1.05 bits per heavy atom. The summed E-state index contributed by atoms with van der Waals surface area (Å²) in [6.45, 7) is 3.79. The first-order valence-electron chi connectivity index (χ1n) is 6.86. The molecule has 0 aliphatic heterocycles. The summed E-state index contributed by atoms with van der Waals surface area (Å²) in [5.41, 5.74) is 0.123. The summed E-state index contributed by atoms with van der Waals surface area (Å²) in [6.07, 6.45) is 2.47. The summed E-state index contributed by atoms with van der Waals surface area (Å²) in [5, 5.41) is 5.19. The summed E-state index contributed by atoms with van der Waals surface area (Å²) in [4.78, 5) is -0.168. The van der Waals surface area contributed by atoms with Crippen molar-refractivity contribution < 1.29 is 16.8 Å². The van der Waals surface area contributed by atoms with Crippen LogP contribution in [0.3, 0.4) is 0 Å². The standard InChI is InChI=1S/C13H22N2O4S2/c1-3-5-8-11-15(20(16,17)4-2)12-9-6-7-10-13(12)21(14,18)19/h6-7,9-10H,3-5,8,11H2,1-2H3,(H2,14,18,19). The Morgan fingerprint density at radius 2 is 1.67 bits per heavy atom. The maximum atomic E-state index is 12.3. The third-order valence-electron chi connectivity index (χ3n) is 3.11. The Balaban J connectivity index is 3.34. The fraction of sp³-hybridized carbons (Fsp3) is 0.538. The number of primary sulfonamides is 1. The summed E-state index contributed by atoms with van der Waals surface area (Å²) in [6, 6.07) is 5.91. The van der Waals surface area contributed by atoms with Crippen LogP contribution in [0.5, 0.6) is 0 Å². The number of unbranched alkanes of at least 4 members (excludes halogenated alkanes) is 2. The molecular weight excluding hydrogens is 312 g/mol. The first-order chi connectivity index (χ1) is 9.74. The van der Waals surface area contributed by atoms with E-state index in [0.29, 0.717) is 6.42 Å². The average molecular weight is 334 g/mol. The topological polar surface area (TPSA) is 97.5 Å². The minimum atomic E-state index is -3.98. The number of hydrogen-bond acceptors (Lipinski definition) is 4. The van der Waals surface area contributed by atoms with Gasteiger partial charge in [0.1, 0.15) is 4.90 Å². The fourth-order valence-corrected chi connectivity index (χ4v) is 3.95. The Labute approximate surface area is 127 Å². The SMILES string of the molecule is CCCCCN(c1ccccc1S(N)(=O)=O)S(=O)(=O)CC. The molecule has 0 saturated heterocycles. The minimum Gasteiger partial charge on any atom is -0.269 e. The molecule has 0 saturated carbocycles. The first-order valence-corrected chi connectivity index (χ1v) is 10.0. The van der Waals surface area contributed by atoms with Crippen LogP contribution in [-0.4, -0.2) is 29.1 Å². The average Bonchev–Trinajstić information content (AvgIpc) is 2.42. The molecule has 21 heavy (non-hydrogen) atoms. The molecule has 1 aromatic rings. The monoisotopic (exact) mass is 334 g/mol. The van der Waals surface area contributed by atoms with Gasteiger partial charge in [0.05, 0.1) is 11.4 Å². The fourth-order valence-electron chi connectivity index (χ4n) is 1.97. The van der Waals surface area contributed by atoms with Gasteiger partial charge in [0.2, 0.25) is 20.0 Å². The molecule has 0 bridgehead atoms. The van der Waals surface area contributed by atoms with Crippen LogP contribution in [0.2, 0.25) is 0 Å². The molecule has 1 rings (SSSR count). The molecule has 0 aromatic heterocycles. The second-order valence-electron chi connectivity index (χ2n) is 4.69. The van der Waals surface area contributed by atoms with Gasteiger partial charge in [-0.1, -0.05) is 31.9 Å². The van der Waals surface area contributed by atoms with Crippen LogP contribution in [0.15, 0.2) is 29.2 Å². The Bertz CT molecular complexity index is 669. The van der Waals surface area contributed by atoms with Crippen molar-refractivity contribution in [2.24, 2.45) is 5.14 Å². The molecule has 0 amide bonds. The van der Waals surface area contributed by atoms with Crippen molar-refractivity contribution in [2.45, 2.75) is 38.0 Å². The van der Waals surface area contributed by atoms with Crippen LogP contribution in [-0.2, 0) is 20.0 Å². The highest BCUT2D eigenvalue weighted by molar-refractivity contribution is 7.93. The predicted molar refractivity (Wildman–Crippen MR) is 84.1 cm³/mol. The van der Waals surface area contributed by atoms with Gasteiger partial charge in [-0.2, -0.15) is 0 Å². The summed E-state index contributed by atoms with van der Waals surface area (Å²) in [5.74, 6) is -0.0991. The van der Waals surface area contributed by atoms with Crippen molar-refractivity contribution in [3.8, 4) is 0 Å². The molecule has 8 heteroatoms. The van der Waals surface area contributed by atoms with Gasteiger partial charge in [-0.05, 0) is 25.5 Å². The molecule has 1 aromatic carbocycles. The van der Waals surface area contributed by atoms with Gasteiger partial charge >= 0.3 is 0 Å². The van der Waals surface area contributed by atoms with E-state index in [9.17, 15) is 16.8 Å². The van der Waals surface area contributed by atoms with Crippen molar-refractivity contribution in [1.82, 2.24) is 0 Å². The maximum absolute atomic E-state index is 12.3. The molecule has 2 N–H and O–H groups in total. The molecule has 0 aliphatic carbocycles. The van der Waals surface area contributed by atoms with Gasteiger partial charge in [-0.15, -0.1) is 0 Å². The van der Waals surface area contributed by atoms with E-state index in [1.54, 1.807) is 6.07 Å². The lowest BCUT2D eigenvalue weighted by Gasteiger charge is -2.25. The van der Waals surface area contributed by atoms with E-state index in [1.807, 2.05) is 6.92 Å². The molecule has 6 nitrogen and oxygen atoms in total. The third kappa shape index (κ3) is 4.69. The number of sulfonamides is 2. The largest absolute Gasteiger partial charge is 0.269 e. The summed E-state index contributed by atoms with van der Waals surface area (Å²) in [7, 11) is -7.55. The van der Waals surface area contributed by atoms with Crippen LogP contribution in [0, 0.1) is 0 Å². The Hall–Kier alpha value is -1.12. The number of rotatable bonds is 8. The van der Waals surface area contributed by atoms with E-state index in [1.165, 1.54) is 25.1 Å². The molecule has 120 valence electrons. The second kappa shape index (κ2) is 7.24. The molecule has 0 spiro atoms. The zero-order chi connectivity index (χ0) is 16.1. The van der Waals surface area contributed by atoms with Crippen molar-refractivity contribution in [3.63, 3.8) is 0 Å². The molecule has 0 unspecified atom stereocenters. The highest BCUT2D eigenvalue weighted by Crippen LogP contribution is 2.27. The Kier molecular flexibility index (Phi) is 6.18. The predicted octanol–water partition coefficient (Wildman–Crippen LogP) is 1.68. The van der Waals surface area contributed by atoms with Crippen LogP contribution in [0.1, 0.15) is 33.1 Å². The number of anilines is 1. The van der Waals surface area contributed by atoms with Crippen LogP contribution in [0.25, 0.3) is 0 Å². The number of benzene rings is 1. The molecule has 0 aliphatic rings. The summed E-state index contributed by atoms with van der Waals surface area (Å²) >= 11 is 0. The number of nitrogens with two attached hydrogens (primary N) is 1. The van der Waals surface area contributed by atoms with Crippen molar-refractivity contribution in [1.29, 1.82) is 0 Å². The molecule has 0 atom stereocenters. The van der Waals surface area contributed by atoms with E-state index >= 15 is 0 Å². The normalized spacial score (nSPS) is 12.3. The van der Waals surface area contributed by atoms with Crippen molar-refractivity contribution in [2.75, 3.05) is 16.6 Å². The third-order valence-corrected chi connectivity index (χ3v) is 5.84. The molecular formula is C13H22N2O4S2. The van der Waals surface area contributed by atoms with Gasteiger partial charge in [0.15, 0.2) is 0 Å². The zero-order valence-electron chi connectivity index (χ0n) is 12.3. The highest BCUT2D eigenvalue weighted by Gasteiger charge is 2.25. The van der Waals surface area contributed by atoms with E-state index in [4.69, 9.17) is 5.14 Å². The molecule has 0 heterocycles. The number of hydrogen-bond donors (Lipinski definition) is 1. The van der Waals surface area contributed by atoms with Crippen molar-refractivity contribution >= 4 is 25.7 Å². The number of para-hydroxylation sites is 1. The van der Waals surface area contributed by atoms with Crippen LogP contribution >= 0.6 is 0 Å². The quantitative estimate of drug-likeness (QED) is 0.731. The lowest BCUT2D eigenvalue weighted by atomic mass is 10.2. The van der Waals surface area contributed by atoms with Gasteiger partial charge in [0.25, 0.3) is 0 Å². The van der Waals surface area contributed by atoms with Gasteiger partial charge in [0, 0.05) is 6.54 Å². The second-order valence-corrected chi connectivity index (χ2v) is 8.40. The zero-order valence-corrected chi connectivity index (χ0v) is 14.0. The van der Waals surface area contributed by atoms with Crippen LogP contribution < -0.4 is 9.44 Å². The van der Waals surface area contributed by atoms with E-state index in [0.717, 1.165) is 17.1 Å². The van der Waals surface area contributed by atoms with E-state index < -0.39 is 20.0 Å². The van der Waals surface area contributed by atoms with Gasteiger partial charge in [-0.3, -0.25) is 4.31 Å². The van der Waals surface area contributed by atoms with Gasteiger partial charge < -0.3 is 0 Å². The van der Waals surface area contributed by atoms with E-state index in [-0.39, 0.29) is 22.9 Å². The smallest absolute Gasteiger partial charge is 0.240 e. The Morgan fingerprint density at radius 3 is 2.19 bits per heavy atom. The lowest BCUT2D eigenvalue weighted by Crippen LogP contribution is -2.34. The number of nitrogens with zero attached hydrogens (tertiary/aromatic N) is 1. The summed E-state index contributed by atoms with van der Waals surface area (Å²) < 4.78 is 49.0. The van der Waals surface area contributed by atoms with Gasteiger partial charge in [-0.25, -0.2) is 22.0 Å².